The molecule has 0 aromatic heterocycles. The van der Waals surface area contributed by atoms with Gasteiger partial charge in [-0.25, -0.2) is 9.18 Å². The van der Waals surface area contributed by atoms with E-state index in [1.165, 1.54) is 6.07 Å². The maximum Gasteiger partial charge on any atom is 0.340 e. The molecule has 0 atom stereocenters. The van der Waals surface area contributed by atoms with Crippen LogP contribution in [0.3, 0.4) is 0 Å². The normalized spacial score (nSPS) is 14.6. The average Bonchev–Trinajstić information content (AvgIpc) is 2.62. The van der Waals surface area contributed by atoms with Gasteiger partial charge in [0, 0.05) is 31.9 Å². The van der Waals surface area contributed by atoms with Crippen LogP contribution in [0.25, 0.3) is 0 Å². The number of anilines is 3. The molecule has 0 aliphatic carbocycles. The number of ether oxygens (including phenoxy) is 1. The summed E-state index contributed by atoms with van der Waals surface area (Å²) in [6.45, 7) is 6.34. The van der Waals surface area contributed by atoms with Gasteiger partial charge in [0.1, 0.15) is 5.82 Å². The SMILES string of the molecule is CC(C)OC(=O)c1cc(N)ccc1N1CCN(c2ccccc2F)CC1. The van der Waals surface area contributed by atoms with Gasteiger partial charge >= 0.3 is 5.97 Å². The summed E-state index contributed by atoms with van der Waals surface area (Å²) < 4.78 is 19.3. The molecule has 6 heteroatoms. The van der Waals surface area contributed by atoms with E-state index in [0.717, 1.165) is 5.69 Å². The second-order valence-electron chi connectivity index (χ2n) is 6.66. The van der Waals surface area contributed by atoms with Gasteiger partial charge in [-0.2, -0.15) is 0 Å². The van der Waals surface area contributed by atoms with E-state index in [1.54, 1.807) is 24.3 Å². The molecule has 26 heavy (non-hydrogen) atoms. The number of nitrogens with two attached hydrogens (primary N) is 1. The highest BCUT2D eigenvalue weighted by atomic mass is 19.1. The number of benzene rings is 2. The van der Waals surface area contributed by atoms with E-state index in [-0.39, 0.29) is 17.9 Å². The number of carbonyl (C=O) groups is 1. The van der Waals surface area contributed by atoms with Gasteiger partial charge < -0.3 is 20.3 Å². The first-order valence-electron chi connectivity index (χ1n) is 8.80. The Labute approximate surface area is 153 Å². The molecule has 5 nitrogen and oxygen atoms in total. The number of carbonyl (C=O) groups excluding carboxylic acids is 1. The number of nitrogens with zero attached hydrogens (tertiary/aromatic N) is 2. The molecular formula is C20H24FN3O2. The van der Waals surface area contributed by atoms with Crippen LogP contribution in [0.1, 0.15) is 24.2 Å². The van der Waals surface area contributed by atoms with Crippen molar-refractivity contribution in [3.8, 4) is 0 Å². The van der Waals surface area contributed by atoms with E-state index in [4.69, 9.17) is 10.5 Å². The van der Waals surface area contributed by atoms with Crippen molar-refractivity contribution >= 4 is 23.0 Å². The van der Waals surface area contributed by atoms with Gasteiger partial charge in [0.2, 0.25) is 0 Å². The third-order valence-corrected chi connectivity index (χ3v) is 4.40. The lowest BCUT2D eigenvalue weighted by atomic mass is 10.1. The molecular weight excluding hydrogens is 333 g/mol. The second-order valence-corrected chi connectivity index (χ2v) is 6.66. The Bertz CT molecular complexity index is 786. The number of hydrogen-bond acceptors (Lipinski definition) is 5. The molecule has 1 aliphatic rings. The summed E-state index contributed by atoms with van der Waals surface area (Å²) in [4.78, 5) is 16.6. The molecule has 0 amide bonds. The lowest BCUT2D eigenvalue weighted by molar-refractivity contribution is 0.0378. The molecule has 0 radical (unpaired) electrons. The van der Waals surface area contributed by atoms with Crippen molar-refractivity contribution < 1.29 is 13.9 Å². The smallest absolute Gasteiger partial charge is 0.340 e. The summed E-state index contributed by atoms with van der Waals surface area (Å²) in [5.74, 6) is -0.589. The summed E-state index contributed by atoms with van der Waals surface area (Å²) >= 11 is 0. The molecule has 1 fully saturated rings. The van der Waals surface area contributed by atoms with Crippen LogP contribution in [0, 0.1) is 5.82 Å². The van der Waals surface area contributed by atoms with E-state index in [2.05, 4.69) is 4.90 Å². The average molecular weight is 357 g/mol. The fraction of sp³-hybridized carbons (Fsp3) is 0.350. The summed E-state index contributed by atoms with van der Waals surface area (Å²) in [5, 5.41) is 0. The highest BCUT2D eigenvalue weighted by Gasteiger charge is 2.24. The van der Waals surface area contributed by atoms with E-state index in [1.807, 2.05) is 30.9 Å². The number of nitrogen functional groups attached to an aromatic ring is 1. The standard InChI is InChI=1S/C20H24FN3O2/c1-14(2)26-20(25)16-13-15(22)7-8-18(16)23-9-11-24(12-10-23)19-6-4-3-5-17(19)21/h3-8,13-14H,9-12,22H2,1-2H3. The predicted octanol–water partition coefficient (Wildman–Crippen LogP) is 3.30. The number of halogens is 1. The Balaban J connectivity index is 1.77. The monoisotopic (exact) mass is 357 g/mol. The summed E-state index contributed by atoms with van der Waals surface area (Å²) in [6.07, 6.45) is -0.199. The summed E-state index contributed by atoms with van der Waals surface area (Å²) in [5.41, 5.74) is 8.28. The first-order chi connectivity index (χ1) is 12.5. The van der Waals surface area contributed by atoms with Gasteiger partial charge in [-0.3, -0.25) is 0 Å². The van der Waals surface area contributed by atoms with Crippen LogP contribution >= 0.6 is 0 Å². The summed E-state index contributed by atoms with van der Waals surface area (Å²) in [6, 6.07) is 12.1. The molecule has 1 heterocycles. The fourth-order valence-electron chi connectivity index (χ4n) is 3.17. The van der Waals surface area contributed by atoms with Gasteiger partial charge in [-0.05, 0) is 44.2 Å². The zero-order valence-electron chi connectivity index (χ0n) is 15.1. The van der Waals surface area contributed by atoms with Crippen LogP contribution in [0.15, 0.2) is 42.5 Å². The van der Waals surface area contributed by atoms with E-state index < -0.39 is 0 Å². The Morgan fingerprint density at radius 2 is 1.65 bits per heavy atom. The third kappa shape index (κ3) is 3.90. The second kappa shape index (κ2) is 7.64. The lowest BCUT2D eigenvalue weighted by Crippen LogP contribution is -2.47. The molecule has 3 rings (SSSR count). The van der Waals surface area contributed by atoms with Crippen LogP contribution in [0.4, 0.5) is 21.5 Å². The lowest BCUT2D eigenvalue weighted by Gasteiger charge is -2.38. The highest BCUT2D eigenvalue weighted by molar-refractivity contribution is 5.97. The van der Waals surface area contributed by atoms with Crippen molar-refractivity contribution in [3.63, 3.8) is 0 Å². The molecule has 2 aromatic rings. The summed E-state index contributed by atoms with van der Waals surface area (Å²) in [7, 11) is 0. The molecule has 1 aliphatic heterocycles. The van der Waals surface area contributed by atoms with Gasteiger partial charge in [-0.15, -0.1) is 0 Å². The van der Waals surface area contributed by atoms with Gasteiger partial charge in [0.15, 0.2) is 0 Å². The van der Waals surface area contributed by atoms with Crippen LogP contribution in [-0.4, -0.2) is 38.3 Å². The molecule has 0 saturated carbocycles. The zero-order chi connectivity index (χ0) is 18.7. The topological polar surface area (TPSA) is 58.8 Å². The Hall–Kier alpha value is -2.76. The van der Waals surface area contributed by atoms with Crippen LogP contribution in [0.2, 0.25) is 0 Å². The maximum absolute atomic E-state index is 14.0. The number of rotatable bonds is 4. The maximum atomic E-state index is 14.0. The minimum absolute atomic E-state index is 0.199. The van der Waals surface area contributed by atoms with Crippen molar-refractivity contribution in [1.29, 1.82) is 0 Å². The number of piperazine rings is 1. The van der Waals surface area contributed by atoms with Crippen LogP contribution in [0.5, 0.6) is 0 Å². The van der Waals surface area contributed by atoms with Crippen LogP contribution < -0.4 is 15.5 Å². The Morgan fingerprint density at radius 3 is 2.27 bits per heavy atom. The van der Waals surface area contributed by atoms with Gasteiger partial charge in [0.05, 0.1) is 23.0 Å². The highest BCUT2D eigenvalue weighted by Crippen LogP contribution is 2.27. The number of para-hydroxylation sites is 1. The van der Waals surface area contributed by atoms with Crippen molar-refractivity contribution in [2.24, 2.45) is 0 Å². The van der Waals surface area contributed by atoms with Crippen LogP contribution in [-0.2, 0) is 4.74 Å². The molecule has 0 spiro atoms. The molecule has 0 unspecified atom stereocenters. The minimum atomic E-state index is -0.376. The Kier molecular flexibility index (Phi) is 5.30. The van der Waals surface area contributed by atoms with Gasteiger partial charge in [0.25, 0.3) is 0 Å². The fourth-order valence-corrected chi connectivity index (χ4v) is 3.17. The molecule has 0 bridgehead atoms. The van der Waals surface area contributed by atoms with Crippen molar-refractivity contribution in [2.45, 2.75) is 20.0 Å². The Morgan fingerprint density at radius 1 is 1.04 bits per heavy atom. The molecule has 138 valence electrons. The number of hydrogen-bond donors (Lipinski definition) is 1. The quantitative estimate of drug-likeness (QED) is 0.672. The van der Waals surface area contributed by atoms with E-state index in [9.17, 15) is 9.18 Å². The first-order valence-corrected chi connectivity index (χ1v) is 8.80. The van der Waals surface area contributed by atoms with Gasteiger partial charge in [-0.1, -0.05) is 12.1 Å². The number of esters is 1. The third-order valence-electron chi connectivity index (χ3n) is 4.40. The first kappa shape index (κ1) is 18.0. The predicted molar refractivity (Wildman–Crippen MR) is 102 cm³/mol. The van der Waals surface area contributed by atoms with Crippen molar-refractivity contribution in [1.82, 2.24) is 0 Å². The molecule has 1 saturated heterocycles. The largest absolute Gasteiger partial charge is 0.459 e. The van der Waals surface area contributed by atoms with E-state index in [0.29, 0.717) is 43.1 Å². The van der Waals surface area contributed by atoms with Crippen molar-refractivity contribution in [2.75, 3.05) is 41.7 Å². The zero-order valence-corrected chi connectivity index (χ0v) is 15.1. The van der Waals surface area contributed by atoms with Crippen molar-refractivity contribution in [3.05, 3.63) is 53.8 Å². The molecule has 2 N–H and O–H groups in total. The van der Waals surface area contributed by atoms with E-state index >= 15 is 0 Å². The minimum Gasteiger partial charge on any atom is -0.459 e. The molecule has 2 aromatic carbocycles.